The van der Waals surface area contributed by atoms with E-state index in [-0.39, 0.29) is 5.57 Å². The monoisotopic (exact) mass is 340 g/mol. The molecule has 0 radical (unpaired) electrons. The summed E-state index contributed by atoms with van der Waals surface area (Å²) in [7, 11) is 1.57. The van der Waals surface area contributed by atoms with Gasteiger partial charge >= 0.3 is 5.97 Å². The van der Waals surface area contributed by atoms with E-state index in [0.717, 1.165) is 28.7 Å². The van der Waals surface area contributed by atoms with Gasteiger partial charge in [0, 0.05) is 0 Å². The van der Waals surface area contributed by atoms with Gasteiger partial charge in [-0.15, -0.1) is 0 Å². The van der Waals surface area contributed by atoms with Gasteiger partial charge in [-0.3, -0.25) is 0 Å². The fourth-order valence-corrected chi connectivity index (χ4v) is 2.55. The van der Waals surface area contributed by atoms with Crippen LogP contribution in [-0.4, -0.2) is 24.8 Å². The van der Waals surface area contributed by atoms with E-state index in [1.54, 1.807) is 19.3 Å². The summed E-state index contributed by atoms with van der Waals surface area (Å²) in [6, 6.07) is 11.2. The van der Waals surface area contributed by atoms with Gasteiger partial charge in [0.25, 0.3) is 0 Å². The molecular weight excluding hydrogens is 316 g/mol. The predicted octanol–water partition coefficient (Wildman–Crippen LogP) is 4.73. The molecule has 0 unspecified atom stereocenters. The van der Waals surface area contributed by atoms with Gasteiger partial charge in [-0.05, 0) is 55.2 Å². The molecule has 0 fully saturated rings. The van der Waals surface area contributed by atoms with E-state index >= 15 is 0 Å². The van der Waals surface area contributed by atoms with E-state index in [1.165, 1.54) is 0 Å². The number of carboxylic acids is 1. The van der Waals surface area contributed by atoms with Gasteiger partial charge in [-0.2, -0.15) is 0 Å². The molecule has 0 saturated carbocycles. The Morgan fingerprint density at radius 2 is 1.88 bits per heavy atom. The highest BCUT2D eigenvalue weighted by atomic mass is 16.5. The van der Waals surface area contributed by atoms with Crippen LogP contribution < -0.4 is 9.47 Å². The minimum Gasteiger partial charge on any atom is -0.493 e. The van der Waals surface area contributed by atoms with Gasteiger partial charge in [-0.1, -0.05) is 36.8 Å². The quantitative estimate of drug-likeness (QED) is 0.585. The number of carbonyl (C=O) groups is 1. The normalized spacial score (nSPS) is 11.3. The van der Waals surface area contributed by atoms with Crippen molar-refractivity contribution in [1.29, 1.82) is 0 Å². The van der Waals surface area contributed by atoms with Crippen LogP contribution in [-0.2, 0) is 4.79 Å². The molecule has 4 nitrogen and oxygen atoms in total. The number of benzene rings is 2. The van der Waals surface area contributed by atoms with E-state index in [9.17, 15) is 9.90 Å². The predicted molar refractivity (Wildman–Crippen MR) is 100 cm³/mol. The van der Waals surface area contributed by atoms with Crippen molar-refractivity contribution in [3.63, 3.8) is 0 Å². The average molecular weight is 340 g/mol. The summed E-state index contributed by atoms with van der Waals surface area (Å²) in [5.74, 6) is 0.289. The highest BCUT2D eigenvalue weighted by Gasteiger charge is 2.14. The summed E-state index contributed by atoms with van der Waals surface area (Å²) in [5, 5.41) is 9.68. The number of carboxylic acid groups (broad SMARTS) is 1. The molecule has 25 heavy (non-hydrogen) atoms. The molecule has 0 heterocycles. The van der Waals surface area contributed by atoms with Crippen molar-refractivity contribution in [2.24, 2.45) is 0 Å². The molecule has 0 aliphatic carbocycles. The zero-order valence-electron chi connectivity index (χ0n) is 15.1. The number of ether oxygens (including phenoxy) is 2. The minimum absolute atomic E-state index is 0.255. The Balaban J connectivity index is 2.47. The lowest BCUT2D eigenvalue weighted by atomic mass is 9.96. The topological polar surface area (TPSA) is 55.8 Å². The molecule has 2 rings (SSSR count). The van der Waals surface area contributed by atoms with Crippen molar-refractivity contribution in [3.05, 3.63) is 58.7 Å². The van der Waals surface area contributed by atoms with E-state index < -0.39 is 5.97 Å². The number of methoxy groups -OCH3 is 1. The third kappa shape index (κ3) is 4.63. The van der Waals surface area contributed by atoms with Crippen LogP contribution in [0.3, 0.4) is 0 Å². The largest absolute Gasteiger partial charge is 0.493 e. The highest BCUT2D eigenvalue weighted by Crippen LogP contribution is 2.30. The summed E-state index contributed by atoms with van der Waals surface area (Å²) in [5.41, 5.74) is 3.67. The molecule has 1 N–H and O–H groups in total. The van der Waals surface area contributed by atoms with Crippen molar-refractivity contribution < 1.29 is 19.4 Å². The Bertz CT molecular complexity index is 790. The maximum Gasteiger partial charge on any atom is 0.336 e. The molecule has 0 spiro atoms. The van der Waals surface area contributed by atoms with Crippen LogP contribution >= 0.6 is 0 Å². The highest BCUT2D eigenvalue weighted by molar-refractivity contribution is 6.21. The van der Waals surface area contributed by atoms with Gasteiger partial charge in [0.05, 0.1) is 19.3 Å². The summed E-state index contributed by atoms with van der Waals surface area (Å²) >= 11 is 0. The SMILES string of the molecule is CCCOc1ccc(/C=C(\C(=O)O)c2cc(C)ccc2C)cc1OC. The molecule has 0 atom stereocenters. The summed E-state index contributed by atoms with van der Waals surface area (Å²) < 4.78 is 11.0. The molecule has 0 amide bonds. The Labute approximate surface area is 148 Å². The third-order valence-corrected chi connectivity index (χ3v) is 3.87. The minimum atomic E-state index is -0.959. The van der Waals surface area contributed by atoms with Crippen molar-refractivity contribution in [2.75, 3.05) is 13.7 Å². The van der Waals surface area contributed by atoms with Gasteiger partial charge in [0.2, 0.25) is 0 Å². The second-order valence-electron chi connectivity index (χ2n) is 5.94. The van der Waals surface area contributed by atoms with Crippen molar-refractivity contribution in [1.82, 2.24) is 0 Å². The first-order chi connectivity index (χ1) is 12.0. The number of rotatable bonds is 7. The van der Waals surface area contributed by atoms with Gasteiger partial charge < -0.3 is 14.6 Å². The second kappa shape index (κ2) is 8.38. The molecular formula is C21H24O4. The smallest absolute Gasteiger partial charge is 0.336 e. The van der Waals surface area contributed by atoms with Crippen LogP contribution in [0.25, 0.3) is 11.6 Å². The van der Waals surface area contributed by atoms with Gasteiger partial charge in [-0.25, -0.2) is 4.79 Å². The summed E-state index contributed by atoms with van der Waals surface area (Å²) in [6.07, 6.45) is 2.57. The molecule has 2 aromatic rings. The zero-order chi connectivity index (χ0) is 18.4. The molecule has 0 aliphatic heterocycles. The average Bonchev–Trinajstić information content (AvgIpc) is 2.60. The van der Waals surface area contributed by atoms with Crippen LogP contribution in [0.15, 0.2) is 36.4 Å². The zero-order valence-corrected chi connectivity index (χ0v) is 15.1. The van der Waals surface area contributed by atoms with Crippen molar-refractivity contribution in [2.45, 2.75) is 27.2 Å². The summed E-state index contributed by atoms with van der Waals surface area (Å²) in [6.45, 7) is 6.50. The standard InChI is InChI=1S/C21H24O4/c1-5-10-25-19-9-8-16(13-20(19)24-4)12-18(21(22)23)17-11-14(2)6-7-15(17)3/h6-9,11-13H,5,10H2,1-4H3,(H,22,23)/b18-12-. The van der Waals surface area contributed by atoms with E-state index in [0.29, 0.717) is 18.1 Å². The Morgan fingerprint density at radius 3 is 2.52 bits per heavy atom. The van der Waals surface area contributed by atoms with E-state index in [1.807, 2.05) is 51.1 Å². The lowest BCUT2D eigenvalue weighted by Crippen LogP contribution is -2.02. The number of aryl methyl sites for hydroxylation is 2. The lowest BCUT2D eigenvalue weighted by molar-refractivity contribution is -0.130. The summed E-state index contributed by atoms with van der Waals surface area (Å²) in [4.78, 5) is 11.8. The van der Waals surface area contributed by atoms with E-state index in [2.05, 4.69) is 0 Å². The first kappa shape index (κ1) is 18.6. The fraction of sp³-hybridized carbons (Fsp3) is 0.286. The van der Waals surface area contributed by atoms with Gasteiger partial charge in [0.15, 0.2) is 11.5 Å². The molecule has 0 aromatic heterocycles. The molecule has 132 valence electrons. The van der Waals surface area contributed by atoms with Crippen LogP contribution in [0.2, 0.25) is 0 Å². The van der Waals surface area contributed by atoms with Crippen LogP contribution in [0.1, 0.15) is 35.6 Å². The molecule has 4 heteroatoms. The Morgan fingerprint density at radius 1 is 1.12 bits per heavy atom. The Hall–Kier alpha value is -2.75. The molecule has 0 saturated heterocycles. The number of hydrogen-bond donors (Lipinski definition) is 1. The molecule has 0 bridgehead atoms. The van der Waals surface area contributed by atoms with Crippen molar-refractivity contribution in [3.8, 4) is 11.5 Å². The fourth-order valence-electron chi connectivity index (χ4n) is 2.55. The van der Waals surface area contributed by atoms with Crippen molar-refractivity contribution >= 4 is 17.6 Å². The lowest BCUT2D eigenvalue weighted by Gasteiger charge is -2.12. The number of aliphatic carboxylic acids is 1. The molecule has 2 aromatic carbocycles. The molecule has 0 aliphatic rings. The maximum atomic E-state index is 11.8. The number of hydrogen-bond acceptors (Lipinski definition) is 3. The third-order valence-electron chi connectivity index (χ3n) is 3.87. The van der Waals surface area contributed by atoms with Gasteiger partial charge in [0.1, 0.15) is 0 Å². The first-order valence-electron chi connectivity index (χ1n) is 8.29. The second-order valence-corrected chi connectivity index (χ2v) is 5.94. The maximum absolute atomic E-state index is 11.8. The first-order valence-corrected chi connectivity index (χ1v) is 8.29. The van der Waals surface area contributed by atoms with Crippen LogP contribution in [0.4, 0.5) is 0 Å². The van der Waals surface area contributed by atoms with E-state index in [4.69, 9.17) is 9.47 Å². The Kier molecular flexibility index (Phi) is 6.23. The van der Waals surface area contributed by atoms with Crippen LogP contribution in [0, 0.1) is 13.8 Å². The van der Waals surface area contributed by atoms with Crippen LogP contribution in [0.5, 0.6) is 11.5 Å².